The number of aryl methyl sites for hydroxylation is 2. The van der Waals surface area contributed by atoms with E-state index in [9.17, 15) is 27.2 Å². The third-order valence-corrected chi connectivity index (χ3v) is 3.88. The lowest BCUT2D eigenvalue weighted by Gasteiger charge is -2.25. The van der Waals surface area contributed by atoms with E-state index in [0.717, 1.165) is 11.1 Å². The van der Waals surface area contributed by atoms with Gasteiger partial charge in [0.05, 0.1) is 11.1 Å². The second-order valence-corrected chi connectivity index (χ2v) is 6.29. The van der Waals surface area contributed by atoms with Crippen molar-refractivity contribution < 1.29 is 36.6 Å². The molecule has 0 saturated heterocycles. The SMILES string of the molecule is Cc1ccc(C(=O)OCC(F)(F)C(F)(F)COC(=O)c2ccc(C)cc2)cc1. The molecule has 2 aromatic rings. The van der Waals surface area contributed by atoms with Crippen LogP contribution in [0.25, 0.3) is 0 Å². The predicted molar refractivity (Wildman–Crippen MR) is 92.8 cm³/mol. The van der Waals surface area contributed by atoms with Crippen LogP contribution in [0.1, 0.15) is 31.8 Å². The molecule has 0 bridgehead atoms. The summed E-state index contributed by atoms with van der Waals surface area (Å²) in [5.74, 6) is -11.8. The first-order valence-corrected chi connectivity index (χ1v) is 8.25. The van der Waals surface area contributed by atoms with Crippen molar-refractivity contribution >= 4 is 11.9 Å². The fourth-order valence-corrected chi connectivity index (χ4v) is 2.07. The summed E-state index contributed by atoms with van der Waals surface area (Å²) in [6.07, 6.45) is 0. The molecule has 0 aliphatic heterocycles. The third-order valence-electron chi connectivity index (χ3n) is 3.88. The molecule has 2 rings (SSSR count). The van der Waals surface area contributed by atoms with Crippen molar-refractivity contribution in [3.8, 4) is 0 Å². The van der Waals surface area contributed by atoms with Crippen molar-refractivity contribution in [2.24, 2.45) is 0 Å². The minimum absolute atomic E-state index is 0.0458. The van der Waals surface area contributed by atoms with Gasteiger partial charge in [-0.1, -0.05) is 35.4 Å². The molecule has 0 heterocycles. The van der Waals surface area contributed by atoms with Crippen molar-refractivity contribution in [3.63, 3.8) is 0 Å². The maximum Gasteiger partial charge on any atom is 0.346 e. The summed E-state index contributed by atoms with van der Waals surface area (Å²) >= 11 is 0. The van der Waals surface area contributed by atoms with Crippen molar-refractivity contribution in [1.82, 2.24) is 0 Å². The smallest absolute Gasteiger partial charge is 0.346 e. The number of carbonyl (C=O) groups is 2. The Labute approximate surface area is 159 Å². The standard InChI is InChI=1S/C20H18F4O4/c1-13-3-7-15(8-4-13)17(25)27-11-19(21,22)20(23,24)12-28-18(26)16-9-5-14(2)6-10-16/h3-10H,11-12H2,1-2H3. The van der Waals surface area contributed by atoms with E-state index in [0.29, 0.717) is 0 Å². The number of carbonyl (C=O) groups excluding carboxylic acids is 2. The molecule has 0 amide bonds. The monoisotopic (exact) mass is 398 g/mol. The van der Waals surface area contributed by atoms with E-state index in [1.165, 1.54) is 24.3 Å². The maximum atomic E-state index is 13.8. The Morgan fingerprint density at radius 3 is 1.25 bits per heavy atom. The molecule has 0 aliphatic carbocycles. The minimum Gasteiger partial charge on any atom is -0.455 e. The fourth-order valence-electron chi connectivity index (χ4n) is 2.07. The second-order valence-electron chi connectivity index (χ2n) is 6.29. The number of esters is 2. The average Bonchev–Trinajstić information content (AvgIpc) is 2.65. The highest BCUT2D eigenvalue weighted by Gasteiger charge is 2.58. The van der Waals surface area contributed by atoms with E-state index >= 15 is 0 Å². The van der Waals surface area contributed by atoms with E-state index in [1.54, 1.807) is 38.1 Å². The first kappa shape index (κ1) is 21.4. The predicted octanol–water partition coefficient (Wildman–Crippen LogP) is 4.59. The number of ether oxygens (including phenoxy) is 2. The van der Waals surface area contributed by atoms with E-state index in [4.69, 9.17) is 0 Å². The van der Waals surface area contributed by atoms with Gasteiger partial charge in [0.1, 0.15) is 0 Å². The van der Waals surface area contributed by atoms with Crippen LogP contribution in [-0.2, 0) is 9.47 Å². The molecule has 28 heavy (non-hydrogen) atoms. The molecule has 4 nitrogen and oxygen atoms in total. The molecule has 8 heteroatoms. The van der Waals surface area contributed by atoms with Crippen molar-refractivity contribution in [1.29, 1.82) is 0 Å². The zero-order chi connectivity index (χ0) is 20.9. The zero-order valence-electron chi connectivity index (χ0n) is 15.2. The summed E-state index contributed by atoms with van der Waals surface area (Å²) < 4.78 is 63.9. The molecule has 0 unspecified atom stereocenters. The van der Waals surface area contributed by atoms with Crippen LogP contribution >= 0.6 is 0 Å². The highest BCUT2D eigenvalue weighted by atomic mass is 19.3. The quantitative estimate of drug-likeness (QED) is 0.506. The number of alkyl halides is 4. The van der Waals surface area contributed by atoms with Gasteiger partial charge in [-0.2, -0.15) is 17.6 Å². The minimum atomic E-state index is -4.72. The molecule has 0 atom stereocenters. The van der Waals surface area contributed by atoms with Gasteiger partial charge in [0.2, 0.25) is 0 Å². The van der Waals surface area contributed by atoms with Crippen LogP contribution in [0.3, 0.4) is 0 Å². The van der Waals surface area contributed by atoms with Gasteiger partial charge in [0.25, 0.3) is 0 Å². The Bertz CT molecular complexity index is 759. The van der Waals surface area contributed by atoms with Crippen LogP contribution in [0.2, 0.25) is 0 Å². The van der Waals surface area contributed by atoms with E-state index in [2.05, 4.69) is 9.47 Å². The number of rotatable bonds is 7. The summed E-state index contributed by atoms with van der Waals surface area (Å²) in [5, 5.41) is 0. The molecule has 0 spiro atoms. The average molecular weight is 398 g/mol. The molecule has 0 N–H and O–H groups in total. The van der Waals surface area contributed by atoms with Crippen LogP contribution in [0, 0.1) is 13.8 Å². The number of benzene rings is 2. The van der Waals surface area contributed by atoms with E-state index in [1.807, 2.05) is 0 Å². The summed E-state index contributed by atoms with van der Waals surface area (Å²) in [7, 11) is 0. The Balaban J connectivity index is 1.94. The second kappa shape index (κ2) is 8.41. The van der Waals surface area contributed by atoms with E-state index in [-0.39, 0.29) is 11.1 Å². The maximum absolute atomic E-state index is 13.8. The normalized spacial score (nSPS) is 11.8. The third kappa shape index (κ3) is 5.31. The van der Waals surface area contributed by atoms with Gasteiger partial charge in [-0.25, -0.2) is 9.59 Å². The molecule has 0 saturated carbocycles. The molecule has 0 aromatic heterocycles. The lowest BCUT2D eigenvalue weighted by molar-refractivity contribution is -0.239. The molecular formula is C20H18F4O4. The number of hydrogen-bond donors (Lipinski definition) is 0. The molecule has 150 valence electrons. The van der Waals surface area contributed by atoms with Crippen molar-refractivity contribution in [3.05, 3.63) is 70.8 Å². The van der Waals surface area contributed by atoms with Crippen molar-refractivity contribution in [2.45, 2.75) is 25.7 Å². The van der Waals surface area contributed by atoms with Gasteiger partial charge >= 0.3 is 23.8 Å². The van der Waals surface area contributed by atoms with E-state index < -0.39 is 37.0 Å². The van der Waals surface area contributed by atoms with Crippen LogP contribution in [-0.4, -0.2) is 37.0 Å². The molecule has 0 radical (unpaired) electrons. The molecule has 0 aliphatic rings. The first-order valence-electron chi connectivity index (χ1n) is 8.25. The van der Waals surface area contributed by atoms with Crippen molar-refractivity contribution in [2.75, 3.05) is 13.2 Å². The fraction of sp³-hybridized carbons (Fsp3) is 0.300. The van der Waals surface area contributed by atoms with Gasteiger partial charge in [-0.15, -0.1) is 0 Å². The van der Waals surface area contributed by atoms with Gasteiger partial charge in [-0.05, 0) is 38.1 Å². The zero-order valence-corrected chi connectivity index (χ0v) is 15.2. The summed E-state index contributed by atoms with van der Waals surface area (Å²) in [6.45, 7) is -0.201. The van der Waals surface area contributed by atoms with Crippen LogP contribution < -0.4 is 0 Å². The highest BCUT2D eigenvalue weighted by molar-refractivity contribution is 5.90. The summed E-state index contributed by atoms with van der Waals surface area (Å²) in [4.78, 5) is 23.4. The van der Waals surface area contributed by atoms with Crippen LogP contribution in [0.4, 0.5) is 17.6 Å². The highest BCUT2D eigenvalue weighted by Crippen LogP contribution is 2.35. The summed E-state index contributed by atoms with van der Waals surface area (Å²) in [5.41, 5.74) is 1.55. The topological polar surface area (TPSA) is 52.6 Å². The molecule has 0 fully saturated rings. The Kier molecular flexibility index (Phi) is 6.43. The van der Waals surface area contributed by atoms with Crippen LogP contribution in [0.15, 0.2) is 48.5 Å². The van der Waals surface area contributed by atoms with Gasteiger partial charge in [0.15, 0.2) is 13.2 Å². The lowest BCUT2D eigenvalue weighted by atomic mass is 10.1. The Morgan fingerprint density at radius 1 is 0.679 bits per heavy atom. The van der Waals surface area contributed by atoms with Gasteiger partial charge in [-0.3, -0.25) is 0 Å². The lowest BCUT2D eigenvalue weighted by Crippen LogP contribution is -2.48. The van der Waals surface area contributed by atoms with Crippen LogP contribution in [0.5, 0.6) is 0 Å². The first-order chi connectivity index (χ1) is 13.0. The Hall–Kier alpha value is -2.90. The Morgan fingerprint density at radius 2 is 0.964 bits per heavy atom. The largest absolute Gasteiger partial charge is 0.455 e. The molecular weight excluding hydrogens is 380 g/mol. The number of halogens is 4. The summed E-state index contributed by atoms with van der Waals surface area (Å²) in [6, 6.07) is 11.5. The number of hydrogen-bond acceptors (Lipinski definition) is 4. The van der Waals surface area contributed by atoms with Gasteiger partial charge < -0.3 is 9.47 Å². The van der Waals surface area contributed by atoms with Gasteiger partial charge in [0, 0.05) is 0 Å². The molecule has 2 aromatic carbocycles.